The molecule has 6 nitrogen and oxygen atoms in total. The van der Waals surface area contributed by atoms with Crippen molar-refractivity contribution >= 4 is 17.5 Å². The highest BCUT2D eigenvalue weighted by Gasteiger charge is 2.18. The van der Waals surface area contributed by atoms with Crippen LogP contribution in [0, 0.1) is 0 Å². The Morgan fingerprint density at radius 2 is 1.63 bits per heavy atom. The predicted octanol–water partition coefficient (Wildman–Crippen LogP) is 4.12. The van der Waals surface area contributed by atoms with E-state index in [0.717, 1.165) is 51.1 Å². The second kappa shape index (κ2) is 9.76. The molecule has 0 aromatic heterocycles. The van der Waals surface area contributed by atoms with Gasteiger partial charge in [-0.2, -0.15) is 0 Å². The van der Waals surface area contributed by atoms with Crippen molar-refractivity contribution in [3.63, 3.8) is 0 Å². The third kappa shape index (κ3) is 5.19. The topological polar surface area (TPSA) is 67.9 Å². The summed E-state index contributed by atoms with van der Waals surface area (Å²) in [6.07, 6.45) is 5.61. The number of piperidine rings is 1. The van der Waals surface area contributed by atoms with Crippen LogP contribution in [-0.4, -0.2) is 49.1 Å². The maximum absolute atomic E-state index is 12.5. The van der Waals surface area contributed by atoms with E-state index < -0.39 is 0 Å². The van der Waals surface area contributed by atoms with Crippen LogP contribution in [0.3, 0.4) is 0 Å². The number of nitrogens with zero attached hydrogens (tertiary/aromatic N) is 1. The Morgan fingerprint density at radius 3 is 2.30 bits per heavy atom. The van der Waals surface area contributed by atoms with Gasteiger partial charge >= 0.3 is 0 Å². The third-order valence-corrected chi connectivity index (χ3v) is 5.61. The van der Waals surface area contributed by atoms with Gasteiger partial charge in [0.05, 0.1) is 6.10 Å². The normalized spacial score (nSPS) is 18.8. The zero-order valence-electron chi connectivity index (χ0n) is 17.1. The number of carbonyl (C=O) groups is 2. The summed E-state index contributed by atoms with van der Waals surface area (Å²) in [6, 6.07) is 14.2. The lowest BCUT2D eigenvalue weighted by molar-refractivity contribution is 0.0679. The number of hydrogen-bond donors (Lipinski definition) is 1. The molecule has 158 valence electrons. The molecule has 0 spiro atoms. The van der Waals surface area contributed by atoms with Crippen molar-refractivity contribution in [2.24, 2.45) is 0 Å². The van der Waals surface area contributed by atoms with Crippen molar-refractivity contribution in [2.45, 2.75) is 38.2 Å². The number of hydrogen-bond acceptors (Lipinski definition) is 4. The van der Waals surface area contributed by atoms with Gasteiger partial charge in [0.2, 0.25) is 0 Å². The Bertz CT molecular complexity index is 852. The quantitative estimate of drug-likeness (QED) is 0.781. The van der Waals surface area contributed by atoms with Crippen LogP contribution in [0.15, 0.2) is 48.5 Å². The first kappa shape index (κ1) is 20.4. The first-order valence-electron chi connectivity index (χ1n) is 10.7. The highest BCUT2D eigenvalue weighted by molar-refractivity contribution is 6.04. The fourth-order valence-electron chi connectivity index (χ4n) is 3.85. The Balaban J connectivity index is 1.30. The highest BCUT2D eigenvalue weighted by atomic mass is 16.5. The van der Waals surface area contributed by atoms with E-state index in [-0.39, 0.29) is 17.9 Å². The SMILES string of the molecule is O=C(Nc1ccc(C(=O)N2CCCCC2)cc1)c1ccc(OCC2CCCO2)cc1. The van der Waals surface area contributed by atoms with Gasteiger partial charge in [0.1, 0.15) is 12.4 Å². The second-order valence-electron chi connectivity index (χ2n) is 7.85. The summed E-state index contributed by atoms with van der Waals surface area (Å²) >= 11 is 0. The van der Waals surface area contributed by atoms with E-state index in [4.69, 9.17) is 9.47 Å². The van der Waals surface area contributed by atoms with E-state index in [1.807, 2.05) is 4.90 Å². The third-order valence-electron chi connectivity index (χ3n) is 5.61. The largest absolute Gasteiger partial charge is 0.491 e. The van der Waals surface area contributed by atoms with Gasteiger partial charge in [0, 0.05) is 36.5 Å². The maximum atomic E-state index is 12.5. The van der Waals surface area contributed by atoms with Crippen LogP contribution < -0.4 is 10.1 Å². The molecule has 0 saturated carbocycles. The number of amides is 2. The lowest BCUT2D eigenvalue weighted by atomic mass is 10.1. The van der Waals surface area contributed by atoms with Crippen molar-refractivity contribution < 1.29 is 19.1 Å². The van der Waals surface area contributed by atoms with Crippen LogP contribution >= 0.6 is 0 Å². The van der Waals surface area contributed by atoms with E-state index in [1.165, 1.54) is 6.42 Å². The molecule has 2 aliphatic heterocycles. The number of benzene rings is 2. The van der Waals surface area contributed by atoms with Gasteiger partial charge in [-0.15, -0.1) is 0 Å². The van der Waals surface area contributed by atoms with Gasteiger partial charge in [-0.1, -0.05) is 0 Å². The summed E-state index contributed by atoms with van der Waals surface area (Å²) in [6.45, 7) is 2.99. The number of nitrogens with one attached hydrogen (secondary N) is 1. The minimum absolute atomic E-state index is 0.0613. The Labute approximate surface area is 177 Å². The second-order valence-corrected chi connectivity index (χ2v) is 7.85. The molecule has 0 radical (unpaired) electrons. The molecule has 0 bridgehead atoms. The van der Waals surface area contributed by atoms with Crippen molar-refractivity contribution in [2.75, 3.05) is 31.6 Å². The minimum atomic E-state index is -0.198. The molecule has 0 aliphatic carbocycles. The summed E-state index contributed by atoms with van der Waals surface area (Å²) in [5.74, 6) is 0.588. The van der Waals surface area contributed by atoms with Crippen molar-refractivity contribution in [3.8, 4) is 5.75 Å². The van der Waals surface area contributed by atoms with Crippen molar-refractivity contribution in [1.82, 2.24) is 4.90 Å². The molecule has 2 aromatic carbocycles. The van der Waals surface area contributed by atoms with Gasteiger partial charge in [0.25, 0.3) is 11.8 Å². The molecular weight excluding hydrogens is 380 g/mol. The van der Waals surface area contributed by atoms with Gasteiger partial charge < -0.3 is 19.7 Å². The molecule has 2 aromatic rings. The average Bonchev–Trinajstić information content (AvgIpc) is 3.32. The maximum Gasteiger partial charge on any atom is 0.255 e. The number of anilines is 1. The molecule has 1 atom stereocenters. The molecule has 1 N–H and O–H groups in total. The summed E-state index contributed by atoms with van der Waals surface area (Å²) in [5.41, 5.74) is 1.87. The van der Waals surface area contributed by atoms with Gasteiger partial charge in [-0.05, 0) is 80.6 Å². The Kier molecular flexibility index (Phi) is 6.64. The Morgan fingerprint density at radius 1 is 0.933 bits per heavy atom. The molecule has 2 saturated heterocycles. The van der Waals surface area contributed by atoms with Crippen molar-refractivity contribution in [1.29, 1.82) is 0 Å². The molecule has 2 heterocycles. The monoisotopic (exact) mass is 408 g/mol. The molecule has 6 heteroatoms. The van der Waals surface area contributed by atoms with E-state index >= 15 is 0 Å². The molecule has 1 unspecified atom stereocenters. The first-order chi connectivity index (χ1) is 14.7. The Hall–Kier alpha value is -2.86. The number of rotatable bonds is 6. The number of likely N-dealkylation sites (tertiary alicyclic amines) is 1. The zero-order valence-corrected chi connectivity index (χ0v) is 17.1. The van der Waals surface area contributed by atoms with E-state index in [0.29, 0.717) is 23.4 Å². The van der Waals surface area contributed by atoms with Gasteiger partial charge in [-0.25, -0.2) is 0 Å². The lowest BCUT2D eigenvalue weighted by Crippen LogP contribution is -2.35. The summed E-state index contributed by atoms with van der Waals surface area (Å²) < 4.78 is 11.3. The molecule has 2 amide bonds. The van der Waals surface area contributed by atoms with Crippen LogP contribution in [0.4, 0.5) is 5.69 Å². The number of carbonyl (C=O) groups excluding carboxylic acids is 2. The van der Waals surface area contributed by atoms with Crippen LogP contribution in [0.1, 0.15) is 52.8 Å². The fraction of sp³-hybridized carbons (Fsp3) is 0.417. The fourth-order valence-corrected chi connectivity index (χ4v) is 3.85. The minimum Gasteiger partial charge on any atom is -0.491 e. The van der Waals surface area contributed by atoms with E-state index in [2.05, 4.69) is 5.32 Å². The van der Waals surface area contributed by atoms with E-state index in [1.54, 1.807) is 48.5 Å². The molecular formula is C24H28N2O4. The van der Waals surface area contributed by atoms with Gasteiger partial charge in [0.15, 0.2) is 0 Å². The van der Waals surface area contributed by atoms with Crippen LogP contribution in [0.5, 0.6) is 5.75 Å². The average molecular weight is 408 g/mol. The summed E-state index contributed by atoms with van der Waals surface area (Å²) in [5, 5.41) is 2.88. The van der Waals surface area contributed by atoms with Gasteiger partial charge in [-0.3, -0.25) is 9.59 Å². The lowest BCUT2D eigenvalue weighted by Gasteiger charge is -2.26. The van der Waals surface area contributed by atoms with Crippen LogP contribution in [0.2, 0.25) is 0 Å². The molecule has 4 rings (SSSR count). The molecule has 30 heavy (non-hydrogen) atoms. The van der Waals surface area contributed by atoms with Crippen molar-refractivity contribution in [3.05, 3.63) is 59.7 Å². The van der Waals surface area contributed by atoms with Crippen LogP contribution in [0.25, 0.3) is 0 Å². The van der Waals surface area contributed by atoms with E-state index in [9.17, 15) is 9.59 Å². The first-order valence-corrected chi connectivity index (χ1v) is 10.7. The summed E-state index contributed by atoms with van der Waals surface area (Å²) in [4.78, 5) is 27.0. The smallest absolute Gasteiger partial charge is 0.255 e. The number of ether oxygens (including phenoxy) is 2. The highest BCUT2D eigenvalue weighted by Crippen LogP contribution is 2.19. The summed E-state index contributed by atoms with van der Waals surface area (Å²) in [7, 11) is 0. The molecule has 2 fully saturated rings. The zero-order chi connectivity index (χ0) is 20.8. The van der Waals surface area contributed by atoms with Crippen LogP contribution in [-0.2, 0) is 4.74 Å². The standard InChI is InChI=1S/C24H28N2O4/c27-23(18-8-12-21(13-9-18)30-17-22-5-4-16-29-22)25-20-10-6-19(7-11-20)24(28)26-14-2-1-3-15-26/h6-13,22H,1-5,14-17H2,(H,25,27). The molecule has 2 aliphatic rings. The predicted molar refractivity (Wildman–Crippen MR) is 115 cm³/mol.